The molecular formula is C10H7F5O2. The number of hydrogen-bond acceptors (Lipinski definition) is 2. The molecule has 0 N–H and O–H groups in total. The van der Waals surface area contributed by atoms with Crippen molar-refractivity contribution in [1.82, 2.24) is 0 Å². The molecule has 0 radical (unpaired) electrons. The van der Waals surface area contributed by atoms with Gasteiger partial charge in [-0.05, 0) is 19.1 Å². The van der Waals surface area contributed by atoms with Gasteiger partial charge in [-0.25, -0.2) is 13.2 Å². The van der Waals surface area contributed by atoms with Crippen molar-refractivity contribution in [2.75, 3.05) is 0 Å². The number of rotatable bonds is 4. The highest BCUT2D eigenvalue weighted by Crippen LogP contribution is 2.32. The minimum atomic E-state index is -3.34. The summed E-state index contributed by atoms with van der Waals surface area (Å²) in [5, 5.41) is 0. The normalized spacial score (nSPS) is 11.1. The predicted octanol–water partition coefficient (Wildman–Crippen LogP) is 3.57. The van der Waals surface area contributed by atoms with Gasteiger partial charge in [0.25, 0.3) is 6.43 Å². The molecule has 1 aromatic carbocycles. The molecule has 2 nitrogen and oxygen atoms in total. The first-order valence-corrected chi connectivity index (χ1v) is 4.40. The second-order valence-corrected chi connectivity index (χ2v) is 3.11. The first kappa shape index (κ1) is 13.4. The Hall–Kier alpha value is -1.66. The number of benzene rings is 1. The van der Waals surface area contributed by atoms with Gasteiger partial charge in [-0.1, -0.05) is 0 Å². The molecule has 0 aliphatic rings. The fourth-order valence-corrected chi connectivity index (χ4v) is 1.21. The molecule has 1 aromatic rings. The van der Waals surface area contributed by atoms with Crippen LogP contribution in [0.4, 0.5) is 22.0 Å². The van der Waals surface area contributed by atoms with E-state index in [0.29, 0.717) is 12.1 Å². The zero-order valence-corrected chi connectivity index (χ0v) is 8.52. The van der Waals surface area contributed by atoms with E-state index in [1.165, 1.54) is 0 Å². The second kappa shape index (κ2) is 5.11. The first-order chi connectivity index (χ1) is 7.82. The molecule has 0 aliphatic carbocycles. The van der Waals surface area contributed by atoms with E-state index in [1.54, 1.807) is 0 Å². The van der Waals surface area contributed by atoms with Crippen LogP contribution in [0.15, 0.2) is 12.1 Å². The number of Topliss-reactive ketones (excluding diaryl/α,β-unsaturated/α-hetero) is 1. The molecule has 0 unspecified atom stereocenters. The van der Waals surface area contributed by atoms with Gasteiger partial charge in [-0.15, -0.1) is 0 Å². The summed E-state index contributed by atoms with van der Waals surface area (Å²) in [5.74, 6) is -2.88. The lowest BCUT2D eigenvalue weighted by Crippen LogP contribution is -2.08. The van der Waals surface area contributed by atoms with Crippen molar-refractivity contribution in [3.05, 3.63) is 29.1 Å². The Kier molecular flexibility index (Phi) is 4.03. The summed E-state index contributed by atoms with van der Waals surface area (Å²) in [7, 11) is 0. The fourth-order valence-electron chi connectivity index (χ4n) is 1.21. The van der Waals surface area contributed by atoms with Crippen molar-refractivity contribution < 1.29 is 31.5 Å². The Bertz CT molecular complexity index is 431. The van der Waals surface area contributed by atoms with Crippen LogP contribution in [0.5, 0.6) is 5.75 Å². The zero-order chi connectivity index (χ0) is 13.2. The number of carbonyl (C=O) groups excluding carboxylic acids is 1. The standard InChI is InChI=1S/C10H7F5O2/c1-4(16)5-3-8(17-10(14)15)6(9(12)13)2-7(5)11/h2-3,9-10H,1H3. The van der Waals surface area contributed by atoms with Crippen LogP contribution in [0.25, 0.3) is 0 Å². The van der Waals surface area contributed by atoms with E-state index >= 15 is 0 Å². The summed E-state index contributed by atoms with van der Waals surface area (Å²) < 4.78 is 65.7. The predicted molar refractivity (Wildman–Crippen MR) is 48.0 cm³/mol. The van der Waals surface area contributed by atoms with Crippen LogP contribution < -0.4 is 4.74 Å². The van der Waals surface area contributed by atoms with Gasteiger partial charge in [-0.2, -0.15) is 8.78 Å². The van der Waals surface area contributed by atoms with E-state index < -0.39 is 41.5 Å². The smallest absolute Gasteiger partial charge is 0.387 e. The average Bonchev–Trinajstić information content (AvgIpc) is 2.18. The topological polar surface area (TPSA) is 26.3 Å². The van der Waals surface area contributed by atoms with E-state index in [2.05, 4.69) is 4.74 Å². The van der Waals surface area contributed by atoms with E-state index in [9.17, 15) is 26.7 Å². The van der Waals surface area contributed by atoms with Crippen LogP contribution in [0.1, 0.15) is 29.3 Å². The molecule has 0 aliphatic heterocycles. The van der Waals surface area contributed by atoms with Gasteiger partial charge in [0.15, 0.2) is 5.78 Å². The average molecular weight is 254 g/mol. The monoisotopic (exact) mass is 254 g/mol. The third-order valence-corrected chi connectivity index (χ3v) is 1.93. The Morgan fingerprint density at radius 2 is 1.82 bits per heavy atom. The third kappa shape index (κ3) is 3.15. The van der Waals surface area contributed by atoms with Gasteiger partial charge in [0.1, 0.15) is 11.6 Å². The largest absolute Gasteiger partial charge is 0.434 e. The Morgan fingerprint density at radius 3 is 2.24 bits per heavy atom. The lowest BCUT2D eigenvalue weighted by molar-refractivity contribution is -0.0520. The highest BCUT2D eigenvalue weighted by molar-refractivity contribution is 5.94. The lowest BCUT2D eigenvalue weighted by Gasteiger charge is -2.11. The summed E-state index contributed by atoms with van der Waals surface area (Å²) in [5.41, 5.74) is -1.60. The fraction of sp³-hybridized carbons (Fsp3) is 0.300. The number of alkyl halides is 4. The molecular weight excluding hydrogens is 247 g/mol. The van der Waals surface area contributed by atoms with E-state index in [0.717, 1.165) is 6.92 Å². The van der Waals surface area contributed by atoms with Gasteiger partial charge < -0.3 is 4.74 Å². The number of halogens is 5. The van der Waals surface area contributed by atoms with Gasteiger partial charge >= 0.3 is 6.61 Å². The highest BCUT2D eigenvalue weighted by Gasteiger charge is 2.21. The third-order valence-electron chi connectivity index (χ3n) is 1.93. The molecule has 7 heteroatoms. The number of ketones is 1. The van der Waals surface area contributed by atoms with E-state index in [1.807, 2.05) is 0 Å². The van der Waals surface area contributed by atoms with Crippen molar-refractivity contribution in [2.24, 2.45) is 0 Å². The van der Waals surface area contributed by atoms with Crippen LogP contribution in [-0.4, -0.2) is 12.4 Å². The van der Waals surface area contributed by atoms with Gasteiger partial charge in [0.05, 0.1) is 11.1 Å². The van der Waals surface area contributed by atoms with Crippen molar-refractivity contribution in [3.63, 3.8) is 0 Å². The van der Waals surface area contributed by atoms with Crippen molar-refractivity contribution in [1.29, 1.82) is 0 Å². The maximum Gasteiger partial charge on any atom is 0.387 e. The number of hydrogen-bond donors (Lipinski definition) is 0. The van der Waals surface area contributed by atoms with E-state index in [-0.39, 0.29) is 0 Å². The van der Waals surface area contributed by atoms with Crippen molar-refractivity contribution in [3.8, 4) is 5.75 Å². The van der Waals surface area contributed by atoms with Crippen LogP contribution >= 0.6 is 0 Å². The first-order valence-electron chi connectivity index (χ1n) is 4.40. The Morgan fingerprint density at radius 1 is 1.24 bits per heavy atom. The van der Waals surface area contributed by atoms with Crippen LogP contribution in [0, 0.1) is 5.82 Å². The van der Waals surface area contributed by atoms with Gasteiger partial charge in [0.2, 0.25) is 0 Å². The second-order valence-electron chi connectivity index (χ2n) is 3.11. The lowest BCUT2D eigenvalue weighted by atomic mass is 10.1. The Balaban J connectivity index is 3.31. The van der Waals surface area contributed by atoms with E-state index in [4.69, 9.17) is 0 Å². The molecule has 0 atom stereocenters. The molecule has 0 amide bonds. The highest BCUT2D eigenvalue weighted by atomic mass is 19.3. The minimum absolute atomic E-state index is 0.319. The summed E-state index contributed by atoms with van der Waals surface area (Å²) >= 11 is 0. The molecule has 0 spiro atoms. The minimum Gasteiger partial charge on any atom is -0.434 e. The summed E-state index contributed by atoms with van der Waals surface area (Å²) in [4.78, 5) is 10.9. The number of ether oxygens (including phenoxy) is 1. The molecule has 94 valence electrons. The maximum absolute atomic E-state index is 13.2. The molecule has 0 aromatic heterocycles. The summed E-state index contributed by atoms with van der Waals surface area (Å²) in [6.45, 7) is -2.36. The van der Waals surface area contributed by atoms with Gasteiger partial charge in [0, 0.05) is 0 Å². The molecule has 0 heterocycles. The molecule has 1 rings (SSSR count). The molecule has 0 saturated carbocycles. The van der Waals surface area contributed by atoms with Gasteiger partial charge in [-0.3, -0.25) is 4.79 Å². The molecule has 17 heavy (non-hydrogen) atoms. The van der Waals surface area contributed by atoms with Crippen LogP contribution in [0.3, 0.4) is 0 Å². The Labute approximate surface area is 93.0 Å². The molecule has 0 fully saturated rings. The molecule has 0 bridgehead atoms. The van der Waals surface area contributed by atoms with Crippen LogP contribution in [0.2, 0.25) is 0 Å². The molecule has 0 saturated heterocycles. The SMILES string of the molecule is CC(=O)c1cc(OC(F)F)c(C(F)F)cc1F. The maximum atomic E-state index is 13.2. The number of carbonyl (C=O) groups is 1. The quantitative estimate of drug-likeness (QED) is 0.606. The van der Waals surface area contributed by atoms with Crippen molar-refractivity contribution >= 4 is 5.78 Å². The summed E-state index contributed by atoms with van der Waals surface area (Å²) in [6.07, 6.45) is -3.18. The van der Waals surface area contributed by atoms with Crippen LogP contribution in [-0.2, 0) is 0 Å². The summed E-state index contributed by atoms with van der Waals surface area (Å²) in [6, 6.07) is 0.866. The van der Waals surface area contributed by atoms with Crippen molar-refractivity contribution in [2.45, 2.75) is 20.0 Å². The zero-order valence-electron chi connectivity index (χ0n) is 8.52.